The van der Waals surface area contributed by atoms with Crippen LogP contribution in [0.5, 0.6) is 5.75 Å². The Morgan fingerprint density at radius 2 is 2.33 bits per heavy atom. The Morgan fingerprint density at radius 1 is 1.44 bits per heavy atom. The fourth-order valence-electron chi connectivity index (χ4n) is 2.76. The van der Waals surface area contributed by atoms with Crippen molar-refractivity contribution in [2.45, 2.75) is 38.1 Å². The molecular formula is C15H24N2O. The van der Waals surface area contributed by atoms with E-state index in [1.807, 2.05) is 13.0 Å². The van der Waals surface area contributed by atoms with Gasteiger partial charge in [0.25, 0.3) is 0 Å². The molecule has 0 aromatic heterocycles. The van der Waals surface area contributed by atoms with Crippen LogP contribution in [0.15, 0.2) is 24.3 Å². The Balaban J connectivity index is 2.12. The van der Waals surface area contributed by atoms with Crippen molar-refractivity contribution in [2.75, 3.05) is 19.7 Å². The zero-order chi connectivity index (χ0) is 12.8. The summed E-state index contributed by atoms with van der Waals surface area (Å²) in [5.41, 5.74) is 7.27. The first kappa shape index (κ1) is 13.4. The van der Waals surface area contributed by atoms with Crippen LogP contribution in [0.2, 0.25) is 0 Å². The van der Waals surface area contributed by atoms with Gasteiger partial charge in [-0.1, -0.05) is 18.6 Å². The molecule has 3 N–H and O–H groups in total. The molecule has 1 saturated heterocycles. The smallest absolute Gasteiger partial charge is 0.119 e. The first-order valence-corrected chi connectivity index (χ1v) is 7.01. The van der Waals surface area contributed by atoms with E-state index in [0.717, 1.165) is 12.3 Å². The summed E-state index contributed by atoms with van der Waals surface area (Å²) in [6, 6.07) is 8.88. The first-order chi connectivity index (χ1) is 8.85. The SMILES string of the molecule is CCOc1cccc(C(CN)C2CCCCN2)c1. The van der Waals surface area contributed by atoms with Crippen LogP contribution in [-0.2, 0) is 0 Å². The second kappa shape index (κ2) is 6.76. The molecule has 1 aromatic rings. The summed E-state index contributed by atoms with van der Waals surface area (Å²) in [7, 11) is 0. The lowest BCUT2D eigenvalue weighted by atomic mass is 9.86. The van der Waals surface area contributed by atoms with Gasteiger partial charge in [0.2, 0.25) is 0 Å². The molecule has 2 rings (SSSR count). The quantitative estimate of drug-likeness (QED) is 0.840. The third-order valence-corrected chi connectivity index (χ3v) is 3.69. The van der Waals surface area contributed by atoms with Crippen molar-refractivity contribution in [3.8, 4) is 5.75 Å². The number of nitrogens with two attached hydrogens (primary N) is 1. The molecule has 1 aliphatic rings. The standard InChI is InChI=1S/C15H24N2O/c1-2-18-13-7-5-6-12(10-13)14(11-16)15-8-3-4-9-17-15/h5-7,10,14-15,17H,2-4,8-9,11,16H2,1H3. The molecule has 1 fully saturated rings. The van der Waals surface area contributed by atoms with Gasteiger partial charge in [0.1, 0.15) is 5.75 Å². The lowest BCUT2D eigenvalue weighted by Crippen LogP contribution is -2.41. The van der Waals surface area contributed by atoms with E-state index in [9.17, 15) is 0 Å². The summed E-state index contributed by atoms with van der Waals surface area (Å²) >= 11 is 0. The van der Waals surface area contributed by atoms with Crippen LogP contribution in [0.3, 0.4) is 0 Å². The molecule has 1 aliphatic heterocycles. The van der Waals surface area contributed by atoms with Gasteiger partial charge in [0.05, 0.1) is 6.61 Å². The second-order valence-electron chi connectivity index (χ2n) is 4.90. The highest BCUT2D eigenvalue weighted by atomic mass is 16.5. The van der Waals surface area contributed by atoms with Gasteiger partial charge in [-0.25, -0.2) is 0 Å². The summed E-state index contributed by atoms with van der Waals surface area (Å²) < 4.78 is 5.57. The number of piperidine rings is 1. The van der Waals surface area contributed by atoms with Crippen LogP contribution >= 0.6 is 0 Å². The average Bonchev–Trinajstić information content (AvgIpc) is 2.42. The van der Waals surface area contributed by atoms with Gasteiger partial charge >= 0.3 is 0 Å². The van der Waals surface area contributed by atoms with Gasteiger partial charge in [-0.2, -0.15) is 0 Å². The van der Waals surface area contributed by atoms with Crippen molar-refractivity contribution in [3.63, 3.8) is 0 Å². The summed E-state index contributed by atoms with van der Waals surface area (Å²) in [5.74, 6) is 1.34. The van der Waals surface area contributed by atoms with Gasteiger partial charge in [-0.3, -0.25) is 0 Å². The monoisotopic (exact) mass is 248 g/mol. The molecular weight excluding hydrogens is 224 g/mol. The van der Waals surface area contributed by atoms with Gasteiger partial charge in [-0.15, -0.1) is 0 Å². The van der Waals surface area contributed by atoms with Crippen LogP contribution in [0.4, 0.5) is 0 Å². The second-order valence-corrected chi connectivity index (χ2v) is 4.90. The molecule has 1 heterocycles. The zero-order valence-electron chi connectivity index (χ0n) is 11.2. The van der Waals surface area contributed by atoms with Crippen LogP contribution in [-0.4, -0.2) is 25.7 Å². The lowest BCUT2D eigenvalue weighted by molar-refractivity contribution is 0.335. The molecule has 2 unspecified atom stereocenters. The molecule has 0 saturated carbocycles. The molecule has 0 aliphatic carbocycles. The van der Waals surface area contributed by atoms with E-state index in [1.54, 1.807) is 0 Å². The average molecular weight is 248 g/mol. The van der Waals surface area contributed by atoms with E-state index in [-0.39, 0.29) is 0 Å². The predicted molar refractivity (Wildman–Crippen MR) is 75.0 cm³/mol. The maximum Gasteiger partial charge on any atom is 0.119 e. The molecule has 2 atom stereocenters. The van der Waals surface area contributed by atoms with Gasteiger partial charge < -0.3 is 15.8 Å². The third-order valence-electron chi connectivity index (χ3n) is 3.69. The molecule has 0 amide bonds. The van der Waals surface area contributed by atoms with Crippen LogP contribution in [0.25, 0.3) is 0 Å². The minimum Gasteiger partial charge on any atom is -0.494 e. The summed E-state index contributed by atoms with van der Waals surface area (Å²) in [4.78, 5) is 0. The maximum absolute atomic E-state index is 5.98. The molecule has 3 nitrogen and oxygen atoms in total. The van der Waals surface area contributed by atoms with E-state index >= 15 is 0 Å². The molecule has 18 heavy (non-hydrogen) atoms. The van der Waals surface area contributed by atoms with Crippen LogP contribution in [0, 0.1) is 0 Å². The number of hydrogen-bond acceptors (Lipinski definition) is 3. The van der Waals surface area contributed by atoms with Crippen molar-refractivity contribution < 1.29 is 4.74 Å². The Bertz CT molecular complexity index is 361. The van der Waals surface area contributed by atoms with E-state index in [2.05, 4.69) is 23.5 Å². The maximum atomic E-state index is 5.98. The minimum atomic E-state index is 0.394. The van der Waals surface area contributed by atoms with Crippen molar-refractivity contribution in [2.24, 2.45) is 5.73 Å². The summed E-state index contributed by atoms with van der Waals surface area (Å²) in [5, 5.41) is 3.60. The van der Waals surface area contributed by atoms with E-state index in [4.69, 9.17) is 10.5 Å². The van der Waals surface area contributed by atoms with Crippen LogP contribution < -0.4 is 15.8 Å². The molecule has 0 radical (unpaired) electrons. The van der Waals surface area contributed by atoms with E-state index in [1.165, 1.54) is 24.8 Å². The number of rotatable bonds is 5. The number of nitrogens with one attached hydrogen (secondary N) is 1. The number of hydrogen-bond donors (Lipinski definition) is 2. The molecule has 0 spiro atoms. The van der Waals surface area contributed by atoms with E-state index in [0.29, 0.717) is 25.1 Å². The highest BCUT2D eigenvalue weighted by molar-refractivity contribution is 5.32. The van der Waals surface area contributed by atoms with Crippen molar-refractivity contribution in [3.05, 3.63) is 29.8 Å². The predicted octanol–water partition coefficient (Wildman–Crippen LogP) is 2.27. The Labute approximate surface area is 110 Å². The van der Waals surface area contributed by atoms with Crippen molar-refractivity contribution in [1.82, 2.24) is 5.32 Å². The Kier molecular flexibility index (Phi) is 5.02. The largest absolute Gasteiger partial charge is 0.494 e. The van der Waals surface area contributed by atoms with Gasteiger partial charge in [0.15, 0.2) is 0 Å². The van der Waals surface area contributed by atoms with Crippen molar-refractivity contribution >= 4 is 0 Å². The normalized spacial score (nSPS) is 21.6. The summed E-state index contributed by atoms with van der Waals surface area (Å²) in [6.07, 6.45) is 3.81. The number of ether oxygens (including phenoxy) is 1. The van der Waals surface area contributed by atoms with Gasteiger partial charge in [-0.05, 0) is 44.0 Å². The topological polar surface area (TPSA) is 47.3 Å². The first-order valence-electron chi connectivity index (χ1n) is 7.01. The van der Waals surface area contributed by atoms with Gasteiger partial charge in [0, 0.05) is 18.5 Å². The highest BCUT2D eigenvalue weighted by Crippen LogP contribution is 2.27. The van der Waals surface area contributed by atoms with E-state index < -0.39 is 0 Å². The molecule has 0 bridgehead atoms. The Morgan fingerprint density at radius 3 is 3.00 bits per heavy atom. The fraction of sp³-hybridized carbons (Fsp3) is 0.600. The zero-order valence-corrected chi connectivity index (χ0v) is 11.2. The Hall–Kier alpha value is -1.06. The fourth-order valence-corrected chi connectivity index (χ4v) is 2.76. The molecule has 100 valence electrons. The molecule has 1 aromatic carbocycles. The number of benzene rings is 1. The summed E-state index contributed by atoms with van der Waals surface area (Å²) in [6.45, 7) is 4.52. The molecule has 3 heteroatoms. The third kappa shape index (κ3) is 3.24. The van der Waals surface area contributed by atoms with Crippen molar-refractivity contribution in [1.29, 1.82) is 0 Å². The highest BCUT2D eigenvalue weighted by Gasteiger charge is 2.23. The lowest BCUT2D eigenvalue weighted by Gasteiger charge is -2.31. The minimum absolute atomic E-state index is 0.394. The van der Waals surface area contributed by atoms with Crippen LogP contribution in [0.1, 0.15) is 37.7 Å².